The molecule has 9 atom stereocenters. The molecule has 0 radical (unpaired) electrons. The quantitative estimate of drug-likeness (QED) is 0.0660. The summed E-state index contributed by atoms with van der Waals surface area (Å²) in [5, 5.41) is 0. The standard InChI is InChI=1S/C49H90O2/c1-7-8-9-10-11-12-13-14-15-16-17-18-19-20-21-22-23-24-25-32-47(50)51-46-31-27-30-41-33-34-42-44-36-35-43(40(4)29-26-28-39(2)3)48(44,5)38-37-45(42)49(41,46)6/h39-46H,7-38H2,1-6H3/t40-,41+,42+,43-,44+,45+,46?,48-,49+/m1/s1. The van der Waals surface area contributed by atoms with Crippen LogP contribution in [-0.2, 0) is 9.53 Å². The van der Waals surface area contributed by atoms with E-state index in [2.05, 4.69) is 41.5 Å². The predicted molar refractivity (Wildman–Crippen MR) is 221 cm³/mol. The highest BCUT2D eigenvalue weighted by atomic mass is 16.5. The summed E-state index contributed by atoms with van der Waals surface area (Å²) in [6.45, 7) is 15.0. The monoisotopic (exact) mass is 711 g/mol. The van der Waals surface area contributed by atoms with Gasteiger partial charge in [0.1, 0.15) is 6.10 Å². The fourth-order valence-corrected chi connectivity index (χ4v) is 13.1. The Morgan fingerprint density at radius 3 is 1.75 bits per heavy atom. The Morgan fingerprint density at radius 1 is 0.608 bits per heavy atom. The number of carbonyl (C=O) groups is 1. The predicted octanol–water partition coefficient (Wildman–Crippen LogP) is 15.8. The molecule has 2 nitrogen and oxygen atoms in total. The summed E-state index contributed by atoms with van der Waals surface area (Å²) >= 11 is 0. The van der Waals surface area contributed by atoms with Gasteiger partial charge in [-0.05, 0) is 111 Å². The van der Waals surface area contributed by atoms with Crippen molar-refractivity contribution in [3.8, 4) is 0 Å². The summed E-state index contributed by atoms with van der Waals surface area (Å²) in [7, 11) is 0. The van der Waals surface area contributed by atoms with E-state index in [0.29, 0.717) is 11.8 Å². The first-order valence-electron chi connectivity index (χ1n) is 23.9. The summed E-state index contributed by atoms with van der Waals surface area (Å²) in [5.41, 5.74) is 0.738. The van der Waals surface area contributed by atoms with Crippen LogP contribution in [0.15, 0.2) is 0 Å². The molecule has 4 aliphatic rings. The molecule has 0 aliphatic heterocycles. The van der Waals surface area contributed by atoms with Crippen LogP contribution in [0.25, 0.3) is 0 Å². The van der Waals surface area contributed by atoms with Crippen molar-refractivity contribution in [1.82, 2.24) is 0 Å². The van der Waals surface area contributed by atoms with Crippen LogP contribution in [0.5, 0.6) is 0 Å². The van der Waals surface area contributed by atoms with E-state index in [1.54, 1.807) is 0 Å². The number of rotatable bonds is 26. The second kappa shape index (κ2) is 22.8. The van der Waals surface area contributed by atoms with Gasteiger partial charge in [0.25, 0.3) is 0 Å². The number of esters is 1. The molecule has 4 fully saturated rings. The fourth-order valence-electron chi connectivity index (χ4n) is 13.1. The van der Waals surface area contributed by atoms with E-state index in [1.165, 1.54) is 186 Å². The molecule has 51 heavy (non-hydrogen) atoms. The van der Waals surface area contributed by atoms with E-state index in [0.717, 1.165) is 54.3 Å². The van der Waals surface area contributed by atoms with Gasteiger partial charge in [-0.15, -0.1) is 0 Å². The highest BCUT2D eigenvalue weighted by Gasteiger charge is 2.62. The van der Waals surface area contributed by atoms with Crippen molar-refractivity contribution >= 4 is 5.97 Å². The van der Waals surface area contributed by atoms with Crippen LogP contribution < -0.4 is 0 Å². The maximum absolute atomic E-state index is 13.3. The molecule has 0 aromatic heterocycles. The van der Waals surface area contributed by atoms with Crippen LogP contribution in [0.1, 0.15) is 247 Å². The van der Waals surface area contributed by atoms with Gasteiger partial charge in [-0.2, -0.15) is 0 Å². The average Bonchev–Trinajstić information content (AvgIpc) is 3.47. The molecule has 0 saturated heterocycles. The maximum atomic E-state index is 13.3. The Morgan fingerprint density at radius 2 is 1.18 bits per heavy atom. The zero-order chi connectivity index (χ0) is 36.5. The molecular weight excluding hydrogens is 621 g/mol. The van der Waals surface area contributed by atoms with Gasteiger partial charge in [0, 0.05) is 11.8 Å². The van der Waals surface area contributed by atoms with Gasteiger partial charge >= 0.3 is 5.97 Å². The summed E-state index contributed by atoms with van der Waals surface area (Å²) in [5.74, 6) is 6.02. The van der Waals surface area contributed by atoms with E-state index >= 15 is 0 Å². The number of fused-ring (bicyclic) bond motifs is 5. The van der Waals surface area contributed by atoms with E-state index in [1.807, 2.05) is 0 Å². The number of ether oxygens (including phenoxy) is 1. The SMILES string of the molecule is CCCCCCCCCCCCCCCCCCCCCC(=O)OC1CCC[C@H]2CC[C@H]3[C@@H]4CC[C@H]([C@H](C)CCCC(C)C)[C@@]4(C)CC[C@@H]3[C@@]12C. The van der Waals surface area contributed by atoms with Crippen molar-refractivity contribution in [2.45, 2.75) is 253 Å². The Kier molecular flexibility index (Phi) is 19.3. The minimum absolute atomic E-state index is 0.118. The minimum Gasteiger partial charge on any atom is -0.462 e. The van der Waals surface area contributed by atoms with Crippen molar-refractivity contribution in [3.05, 3.63) is 0 Å². The molecule has 4 aliphatic carbocycles. The molecule has 0 aromatic carbocycles. The Hall–Kier alpha value is -0.530. The number of unbranched alkanes of at least 4 members (excludes halogenated alkanes) is 18. The largest absolute Gasteiger partial charge is 0.462 e. The average molecular weight is 711 g/mol. The maximum Gasteiger partial charge on any atom is 0.306 e. The third-order valence-electron chi connectivity index (χ3n) is 16.1. The molecule has 0 aromatic rings. The molecule has 4 saturated carbocycles. The smallest absolute Gasteiger partial charge is 0.306 e. The van der Waals surface area contributed by atoms with Crippen molar-refractivity contribution in [2.75, 3.05) is 0 Å². The van der Waals surface area contributed by atoms with Crippen molar-refractivity contribution < 1.29 is 9.53 Å². The third-order valence-corrected chi connectivity index (χ3v) is 16.1. The highest BCUT2D eigenvalue weighted by Crippen LogP contribution is 2.68. The molecule has 0 spiro atoms. The molecule has 0 amide bonds. The Balaban J connectivity index is 1.09. The molecule has 0 bridgehead atoms. The second-order valence-corrected chi connectivity index (χ2v) is 20.1. The molecule has 0 N–H and O–H groups in total. The lowest BCUT2D eigenvalue weighted by molar-refractivity contribution is -0.192. The van der Waals surface area contributed by atoms with Crippen LogP contribution >= 0.6 is 0 Å². The summed E-state index contributed by atoms with van der Waals surface area (Å²) < 4.78 is 6.57. The lowest BCUT2D eigenvalue weighted by atomic mass is 9.44. The highest BCUT2D eigenvalue weighted by molar-refractivity contribution is 5.69. The number of carbonyl (C=O) groups excluding carboxylic acids is 1. The molecule has 298 valence electrons. The van der Waals surface area contributed by atoms with Crippen molar-refractivity contribution in [1.29, 1.82) is 0 Å². The van der Waals surface area contributed by atoms with Gasteiger partial charge in [0.2, 0.25) is 0 Å². The van der Waals surface area contributed by atoms with Crippen molar-refractivity contribution in [2.24, 2.45) is 52.3 Å². The van der Waals surface area contributed by atoms with E-state index in [9.17, 15) is 4.79 Å². The van der Waals surface area contributed by atoms with Gasteiger partial charge < -0.3 is 4.74 Å². The van der Waals surface area contributed by atoms with Gasteiger partial charge in [-0.3, -0.25) is 4.79 Å². The van der Waals surface area contributed by atoms with E-state index < -0.39 is 0 Å². The summed E-state index contributed by atoms with van der Waals surface area (Å²) in [4.78, 5) is 13.3. The lowest BCUT2D eigenvalue weighted by Crippen LogP contribution is -2.58. The lowest BCUT2D eigenvalue weighted by Gasteiger charge is -2.62. The molecule has 1 unspecified atom stereocenters. The Bertz CT molecular complexity index is 940. The first kappa shape index (κ1) is 43.2. The van der Waals surface area contributed by atoms with Crippen LogP contribution in [0, 0.1) is 52.3 Å². The first-order valence-corrected chi connectivity index (χ1v) is 23.9. The first-order chi connectivity index (χ1) is 24.7. The summed E-state index contributed by atoms with van der Waals surface area (Å²) in [6.07, 6.45) is 43.7. The molecular formula is C49H90O2. The number of hydrogen-bond donors (Lipinski definition) is 0. The third kappa shape index (κ3) is 12.5. The normalized spacial score (nSPS) is 32.4. The van der Waals surface area contributed by atoms with Crippen molar-refractivity contribution in [3.63, 3.8) is 0 Å². The van der Waals surface area contributed by atoms with E-state index in [4.69, 9.17) is 4.74 Å². The Labute approximate surface area is 320 Å². The number of hydrogen-bond acceptors (Lipinski definition) is 2. The topological polar surface area (TPSA) is 26.3 Å². The minimum atomic E-state index is 0.118. The van der Waals surface area contributed by atoms with Crippen LogP contribution in [0.4, 0.5) is 0 Å². The van der Waals surface area contributed by atoms with Gasteiger partial charge in [-0.1, -0.05) is 176 Å². The van der Waals surface area contributed by atoms with Gasteiger partial charge in [-0.25, -0.2) is 0 Å². The zero-order valence-corrected chi connectivity index (χ0v) is 35.6. The van der Waals surface area contributed by atoms with Crippen LogP contribution in [0.2, 0.25) is 0 Å². The van der Waals surface area contributed by atoms with Gasteiger partial charge in [0.15, 0.2) is 0 Å². The molecule has 0 heterocycles. The second-order valence-electron chi connectivity index (χ2n) is 20.1. The van der Waals surface area contributed by atoms with Crippen LogP contribution in [-0.4, -0.2) is 12.1 Å². The van der Waals surface area contributed by atoms with E-state index in [-0.39, 0.29) is 17.5 Å². The molecule has 4 rings (SSSR count). The summed E-state index contributed by atoms with van der Waals surface area (Å²) in [6, 6.07) is 0. The molecule has 2 heteroatoms. The zero-order valence-electron chi connectivity index (χ0n) is 35.6. The fraction of sp³-hybridized carbons (Fsp3) is 0.980. The van der Waals surface area contributed by atoms with Gasteiger partial charge in [0.05, 0.1) is 0 Å². The van der Waals surface area contributed by atoms with Crippen LogP contribution in [0.3, 0.4) is 0 Å².